The largest absolute Gasteiger partial charge is 0.388 e. The average Bonchev–Trinajstić information content (AvgIpc) is 1.83. The van der Waals surface area contributed by atoms with Crippen LogP contribution in [0.5, 0.6) is 0 Å². The molecule has 0 aliphatic heterocycles. The molecule has 2 atom stereocenters. The summed E-state index contributed by atoms with van der Waals surface area (Å²) in [6.07, 6.45) is 0.515. The van der Waals surface area contributed by atoms with E-state index in [2.05, 4.69) is 11.3 Å². The molecule has 0 aromatic carbocycles. The summed E-state index contributed by atoms with van der Waals surface area (Å²) in [6.45, 7) is 3.32. The van der Waals surface area contributed by atoms with Crippen LogP contribution in [-0.4, -0.2) is 26.5 Å². The van der Waals surface area contributed by atoms with E-state index in [1.807, 2.05) is 0 Å². The minimum absolute atomic E-state index is 0.0482. The highest BCUT2D eigenvalue weighted by atomic mass is 32.2. The number of nitrogens with one attached hydrogen (secondary N) is 1. The topological polar surface area (TPSA) is 69.6 Å². The van der Waals surface area contributed by atoms with Crippen molar-refractivity contribution in [2.45, 2.75) is 6.10 Å². The van der Waals surface area contributed by atoms with Crippen molar-refractivity contribution in [1.82, 2.24) is 4.72 Å². The first kappa shape index (κ1) is 8.77. The molecule has 0 saturated heterocycles. The van der Waals surface area contributed by atoms with E-state index in [1.165, 1.54) is 6.08 Å². The summed E-state index contributed by atoms with van der Waals surface area (Å²) in [5.74, 6) is 0. The molecule has 0 aromatic heterocycles. The average molecular weight is 151 g/mol. The molecule has 0 spiro atoms. The third-order valence-electron chi connectivity index (χ3n) is 0.688. The van der Waals surface area contributed by atoms with Gasteiger partial charge in [-0.2, -0.15) is 0 Å². The van der Waals surface area contributed by atoms with E-state index < -0.39 is 17.4 Å². The predicted molar refractivity (Wildman–Crippen MR) is 35.0 cm³/mol. The van der Waals surface area contributed by atoms with Gasteiger partial charge in [-0.1, -0.05) is 6.08 Å². The summed E-state index contributed by atoms with van der Waals surface area (Å²) in [7, 11) is 0. The molecule has 5 heteroatoms. The van der Waals surface area contributed by atoms with Gasteiger partial charge in [0.05, 0.1) is 6.10 Å². The molecular formula is C4H9NO3S. The second-order valence-corrected chi connectivity index (χ2v) is 2.19. The van der Waals surface area contributed by atoms with Gasteiger partial charge in [-0.15, -0.1) is 6.58 Å². The number of rotatable bonds is 4. The van der Waals surface area contributed by atoms with Gasteiger partial charge in [0, 0.05) is 6.54 Å². The fourth-order valence-electron chi connectivity index (χ4n) is 0.240. The van der Waals surface area contributed by atoms with E-state index >= 15 is 0 Å². The van der Waals surface area contributed by atoms with Crippen molar-refractivity contribution >= 4 is 11.3 Å². The van der Waals surface area contributed by atoms with Gasteiger partial charge in [0.2, 0.25) is 11.3 Å². The van der Waals surface area contributed by atoms with Crippen LogP contribution >= 0.6 is 0 Å². The molecule has 0 heterocycles. The fourth-order valence-corrected chi connectivity index (χ4v) is 0.553. The predicted octanol–water partition coefficient (Wildman–Crippen LogP) is -0.740. The molecule has 0 bridgehead atoms. The summed E-state index contributed by atoms with van der Waals surface area (Å²) < 4.78 is 20.1. The second kappa shape index (κ2) is 4.63. The molecule has 0 amide bonds. The lowest BCUT2D eigenvalue weighted by Gasteiger charge is -2.01. The molecule has 0 radical (unpaired) electrons. The van der Waals surface area contributed by atoms with Gasteiger partial charge >= 0.3 is 0 Å². The van der Waals surface area contributed by atoms with Crippen LogP contribution in [0.2, 0.25) is 0 Å². The smallest absolute Gasteiger partial charge is 0.231 e. The van der Waals surface area contributed by atoms with Crippen molar-refractivity contribution in [2.24, 2.45) is 0 Å². The van der Waals surface area contributed by atoms with Crippen LogP contribution < -0.4 is 4.72 Å². The molecule has 0 aliphatic carbocycles. The first-order valence-electron chi connectivity index (χ1n) is 2.31. The summed E-state index contributed by atoms with van der Waals surface area (Å²) >= 11 is -2.05. The van der Waals surface area contributed by atoms with E-state index in [-0.39, 0.29) is 6.54 Å². The van der Waals surface area contributed by atoms with Gasteiger partial charge in [0.25, 0.3) is 0 Å². The normalized spacial score (nSPS) is 16.7. The Morgan fingerprint density at radius 2 is 2.44 bits per heavy atom. The standard InChI is InChI=1S/C4H9NO3S/c1-2-4(6)3-5-9(7)8/h2,4-6H,1,3H2,(H,7,8). The Labute approximate surface area is 56.0 Å². The Kier molecular flexibility index (Phi) is 4.51. The van der Waals surface area contributed by atoms with Crippen molar-refractivity contribution in [3.8, 4) is 0 Å². The van der Waals surface area contributed by atoms with Gasteiger partial charge < -0.3 is 5.11 Å². The Balaban J connectivity index is 3.26. The maximum absolute atomic E-state index is 9.87. The van der Waals surface area contributed by atoms with Crippen LogP contribution in [0.1, 0.15) is 0 Å². The van der Waals surface area contributed by atoms with Crippen LogP contribution in [0, 0.1) is 0 Å². The van der Waals surface area contributed by atoms with Crippen LogP contribution in [0.4, 0.5) is 0 Å². The Morgan fingerprint density at radius 1 is 1.89 bits per heavy atom. The summed E-state index contributed by atoms with van der Waals surface area (Å²) in [4.78, 5) is 0. The van der Waals surface area contributed by atoms with Crippen molar-refractivity contribution in [1.29, 1.82) is 0 Å². The van der Waals surface area contributed by atoms with Crippen molar-refractivity contribution in [3.05, 3.63) is 12.7 Å². The summed E-state index contributed by atoms with van der Waals surface area (Å²) in [6, 6.07) is 0. The molecule has 54 valence electrons. The summed E-state index contributed by atoms with van der Waals surface area (Å²) in [5, 5.41) is 8.68. The molecular weight excluding hydrogens is 142 g/mol. The fraction of sp³-hybridized carbons (Fsp3) is 0.500. The third-order valence-corrected chi connectivity index (χ3v) is 1.10. The second-order valence-electron chi connectivity index (χ2n) is 1.40. The molecule has 0 aromatic rings. The summed E-state index contributed by atoms with van der Waals surface area (Å²) in [5.41, 5.74) is 0. The SMILES string of the molecule is C=CC(O)CNS(=O)O. The molecule has 0 aliphatic rings. The quantitative estimate of drug-likeness (QED) is 0.366. The van der Waals surface area contributed by atoms with Crippen LogP contribution in [0.15, 0.2) is 12.7 Å². The third kappa shape index (κ3) is 5.64. The maximum atomic E-state index is 9.87. The highest BCUT2D eigenvalue weighted by molar-refractivity contribution is 7.77. The minimum atomic E-state index is -2.05. The Bertz CT molecular complexity index is 116. The molecule has 4 nitrogen and oxygen atoms in total. The van der Waals surface area contributed by atoms with E-state index in [4.69, 9.17) is 9.66 Å². The highest BCUT2D eigenvalue weighted by Gasteiger charge is 1.97. The molecule has 9 heavy (non-hydrogen) atoms. The lowest BCUT2D eigenvalue weighted by Crippen LogP contribution is -2.26. The maximum Gasteiger partial charge on any atom is 0.231 e. The van der Waals surface area contributed by atoms with Gasteiger partial charge in [-0.3, -0.25) is 4.55 Å². The van der Waals surface area contributed by atoms with E-state index in [0.717, 1.165) is 0 Å². The first-order valence-corrected chi connectivity index (χ1v) is 3.42. The van der Waals surface area contributed by atoms with Crippen LogP contribution in [0.25, 0.3) is 0 Å². The minimum Gasteiger partial charge on any atom is -0.388 e. The monoisotopic (exact) mass is 151 g/mol. The van der Waals surface area contributed by atoms with Crippen molar-refractivity contribution < 1.29 is 13.9 Å². The lowest BCUT2D eigenvalue weighted by molar-refractivity contribution is 0.226. The molecule has 0 saturated carbocycles. The zero-order valence-electron chi connectivity index (χ0n) is 4.78. The number of aliphatic hydroxyl groups is 1. The number of hydrogen-bond acceptors (Lipinski definition) is 2. The first-order chi connectivity index (χ1) is 4.16. The van der Waals surface area contributed by atoms with E-state index in [0.29, 0.717) is 0 Å². The molecule has 2 unspecified atom stereocenters. The lowest BCUT2D eigenvalue weighted by atomic mass is 10.4. The van der Waals surface area contributed by atoms with Gasteiger partial charge in [-0.25, -0.2) is 8.93 Å². The Hall–Kier alpha value is -0.230. The van der Waals surface area contributed by atoms with Gasteiger partial charge in [-0.05, 0) is 0 Å². The van der Waals surface area contributed by atoms with Crippen molar-refractivity contribution in [3.63, 3.8) is 0 Å². The van der Waals surface area contributed by atoms with Crippen molar-refractivity contribution in [2.75, 3.05) is 6.54 Å². The molecule has 0 fully saturated rings. The molecule has 3 N–H and O–H groups in total. The van der Waals surface area contributed by atoms with Crippen LogP contribution in [0.3, 0.4) is 0 Å². The number of aliphatic hydroxyl groups excluding tert-OH is 1. The van der Waals surface area contributed by atoms with Gasteiger partial charge in [0.15, 0.2) is 0 Å². The van der Waals surface area contributed by atoms with Crippen LogP contribution in [-0.2, 0) is 11.3 Å². The Morgan fingerprint density at radius 3 is 2.78 bits per heavy atom. The number of hydrogen-bond donors (Lipinski definition) is 3. The highest BCUT2D eigenvalue weighted by Crippen LogP contribution is 1.79. The van der Waals surface area contributed by atoms with E-state index in [9.17, 15) is 4.21 Å². The zero-order valence-corrected chi connectivity index (χ0v) is 5.60. The van der Waals surface area contributed by atoms with E-state index in [1.54, 1.807) is 0 Å². The van der Waals surface area contributed by atoms with Gasteiger partial charge in [0.1, 0.15) is 0 Å². The molecule has 0 rings (SSSR count). The zero-order chi connectivity index (χ0) is 7.28.